The molecule has 0 radical (unpaired) electrons. The summed E-state index contributed by atoms with van der Waals surface area (Å²) in [5, 5.41) is 4.70. The van der Waals surface area contributed by atoms with Crippen LogP contribution in [0.2, 0.25) is 0 Å². The monoisotopic (exact) mass is 479 g/mol. The molecule has 35 heavy (non-hydrogen) atoms. The summed E-state index contributed by atoms with van der Waals surface area (Å²) in [4.78, 5) is 33.6. The van der Waals surface area contributed by atoms with Gasteiger partial charge in [0.25, 0.3) is 0 Å². The topological polar surface area (TPSA) is 135 Å². The Morgan fingerprint density at radius 1 is 1.14 bits per heavy atom. The number of anilines is 1. The zero-order valence-electron chi connectivity index (χ0n) is 19.1. The second-order valence-electron chi connectivity index (χ2n) is 8.05. The number of benzene rings is 1. The Morgan fingerprint density at radius 2 is 1.91 bits per heavy atom. The largest absolute Gasteiger partial charge is 0.462 e. The maximum atomic E-state index is 13.3. The van der Waals surface area contributed by atoms with Gasteiger partial charge in [0.2, 0.25) is 5.71 Å². The third kappa shape index (κ3) is 3.98. The molecule has 0 saturated heterocycles. The molecule has 3 heterocycles. The van der Waals surface area contributed by atoms with Gasteiger partial charge >= 0.3 is 11.9 Å². The van der Waals surface area contributed by atoms with E-state index < -0.39 is 11.9 Å². The lowest BCUT2D eigenvalue weighted by Gasteiger charge is -2.06. The van der Waals surface area contributed by atoms with Crippen LogP contribution in [0.3, 0.4) is 0 Å². The van der Waals surface area contributed by atoms with Crippen LogP contribution in [-0.4, -0.2) is 38.3 Å². The van der Waals surface area contributed by atoms with Crippen molar-refractivity contribution in [1.29, 1.82) is 0 Å². The first kappa shape index (κ1) is 22.5. The number of aromatic nitrogens is 4. The number of rotatable bonds is 6. The van der Waals surface area contributed by atoms with Crippen LogP contribution >= 0.6 is 0 Å². The fraction of sp³-hybridized carbons (Fsp3) is 0.292. The highest BCUT2D eigenvalue weighted by atomic mass is 19.1. The minimum absolute atomic E-state index is 0.0161. The second-order valence-corrected chi connectivity index (χ2v) is 8.05. The number of nitrogens with two attached hydrogens (primary N) is 1. The lowest BCUT2D eigenvalue weighted by Crippen LogP contribution is -2.12. The van der Waals surface area contributed by atoms with E-state index >= 15 is 0 Å². The van der Waals surface area contributed by atoms with Crippen LogP contribution in [0.25, 0.3) is 16.8 Å². The SMILES string of the molecule is CCOC(=O)c1c(C)oc2nc(COC(=O)c3nn(-c4ccc(F)cc4)c4c3CCC4)nc(N)c12. The summed E-state index contributed by atoms with van der Waals surface area (Å²) in [5.41, 5.74) is 8.93. The smallest absolute Gasteiger partial charge is 0.359 e. The molecule has 0 amide bonds. The molecule has 0 fully saturated rings. The van der Waals surface area contributed by atoms with E-state index in [1.807, 2.05) is 0 Å². The van der Waals surface area contributed by atoms with Crippen LogP contribution in [0, 0.1) is 12.7 Å². The first-order valence-electron chi connectivity index (χ1n) is 11.1. The molecular formula is C24H22FN5O5. The first-order chi connectivity index (χ1) is 16.9. The standard InChI is InChI=1S/C24H22FN5O5/c1-3-33-23(31)18-12(2)35-22-19(18)21(26)27-17(28-22)11-34-24(32)20-15-5-4-6-16(15)30(29-20)14-9-7-13(25)8-10-14/h7-10H,3-6,11H2,1-2H3,(H2,26,27,28). The number of fused-ring (bicyclic) bond motifs is 2. The molecule has 0 atom stereocenters. The van der Waals surface area contributed by atoms with E-state index in [4.69, 9.17) is 19.6 Å². The molecule has 1 aliphatic rings. The minimum atomic E-state index is -0.630. The Labute approximate surface area is 198 Å². The molecule has 0 saturated carbocycles. The van der Waals surface area contributed by atoms with Gasteiger partial charge in [-0.1, -0.05) is 0 Å². The maximum Gasteiger partial charge on any atom is 0.359 e. The molecule has 4 aromatic rings. The number of furan rings is 1. The number of hydrogen-bond acceptors (Lipinski definition) is 9. The fourth-order valence-electron chi connectivity index (χ4n) is 4.29. The van der Waals surface area contributed by atoms with Crippen LogP contribution < -0.4 is 5.73 Å². The Balaban J connectivity index is 1.39. The molecule has 0 bridgehead atoms. The summed E-state index contributed by atoms with van der Waals surface area (Å²) in [6.07, 6.45) is 2.33. The van der Waals surface area contributed by atoms with E-state index in [0.29, 0.717) is 17.9 Å². The number of esters is 2. The highest BCUT2D eigenvalue weighted by molar-refractivity contribution is 6.07. The molecule has 0 spiro atoms. The molecule has 10 nitrogen and oxygen atoms in total. The van der Waals surface area contributed by atoms with Gasteiger partial charge < -0.3 is 19.6 Å². The van der Waals surface area contributed by atoms with Gasteiger partial charge in [-0.2, -0.15) is 10.1 Å². The van der Waals surface area contributed by atoms with Crippen molar-refractivity contribution >= 4 is 28.9 Å². The molecule has 3 aromatic heterocycles. The van der Waals surface area contributed by atoms with Gasteiger partial charge in [-0.05, 0) is 57.4 Å². The van der Waals surface area contributed by atoms with E-state index in [1.54, 1.807) is 30.7 Å². The number of carbonyl (C=O) groups excluding carboxylic acids is 2. The summed E-state index contributed by atoms with van der Waals surface area (Å²) < 4.78 is 31.1. The highest BCUT2D eigenvalue weighted by Gasteiger charge is 2.29. The normalized spacial score (nSPS) is 12.7. The number of hydrogen-bond donors (Lipinski definition) is 1. The second kappa shape index (κ2) is 8.82. The van der Waals surface area contributed by atoms with Gasteiger partial charge in [-0.25, -0.2) is 23.6 Å². The van der Waals surface area contributed by atoms with Crippen molar-refractivity contribution in [2.75, 3.05) is 12.3 Å². The van der Waals surface area contributed by atoms with Crippen LogP contribution in [0.15, 0.2) is 28.7 Å². The highest BCUT2D eigenvalue weighted by Crippen LogP contribution is 2.30. The summed E-state index contributed by atoms with van der Waals surface area (Å²) >= 11 is 0. The Bertz CT molecular complexity index is 1460. The molecule has 2 N–H and O–H groups in total. The Morgan fingerprint density at radius 3 is 2.66 bits per heavy atom. The number of nitrogen functional groups attached to an aromatic ring is 1. The summed E-state index contributed by atoms with van der Waals surface area (Å²) in [6, 6.07) is 5.91. The lowest BCUT2D eigenvalue weighted by molar-refractivity contribution is 0.0452. The van der Waals surface area contributed by atoms with Gasteiger partial charge in [-0.15, -0.1) is 0 Å². The summed E-state index contributed by atoms with van der Waals surface area (Å²) in [6.45, 7) is 3.22. The quantitative estimate of drug-likeness (QED) is 0.412. The zero-order valence-corrected chi connectivity index (χ0v) is 19.1. The van der Waals surface area contributed by atoms with Crippen molar-refractivity contribution in [2.45, 2.75) is 39.7 Å². The van der Waals surface area contributed by atoms with Gasteiger partial charge in [0.15, 0.2) is 18.1 Å². The van der Waals surface area contributed by atoms with E-state index in [1.165, 1.54) is 12.1 Å². The molecule has 0 aliphatic heterocycles. The van der Waals surface area contributed by atoms with Crippen LogP contribution in [0.5, 0.6) is 0 Å². The lowest BCUT2D eigenvalue weighted by atomic mass is 10.2. The summed E-state index contributed by atoms with van der Waals surface area (Å²) in [7, 11) is 0. The van der Waals surface area contributed by atoms with E-state index in [9.17, 15) is 14.0 Å². The van der Waals surface area contributed by atoms with Crippen LogP contribution in [0.4, 0.5) is 10.2 Å². The van der Waals surface area contributed by atoms with Gasteiger partial charge in [0.1, 0.15) is 23.0 Å². The first-order valence-corrected chi connectivity index (χ1v) is 11.1. The van der Waals surface area contributed by atoms with Crippen LogP contribution in [-0.2, 0) is 28.9 Å². The van der Waals surface area contributed by atoms with Crippen molar-refractivity contribution in [3.63, 3.8) is 0 Å². The average Bonchev–Trinajstić information content (AvgIpc) is 3.52. The number of carbonyl (C=O) groups is 2. The van der Waals surface area contributed by atoms with Crippen molar-refractivity contribution < 1.29 is 27.9 Å². The predicted octanol–water partition coefficient (Wildman–Crippen LogP) is 3.46. The molecule has 180 valence electrons. The third-order valence-electron chi connectivity index (χ3n) is 5.81. The molecule has 11 heteroatoms. The number of nitrogens with zero attached hydrogens (tertiary/aromatic N) is 4. The minimum Gasteiger partial charge on any atom is -0.462 e. The third-order valence-corrected chi connectivity index (χ3v) is 5.81. The van der Waals surface area contributed by atoms with E-state index in [0.717, 1.165) is 24.1 Å². The molecular weight excluding hydrogens is 457 g/mol. The van der Waals surface area contributed by atoms with Crippen molar-refractivity contribution in [3.05, 3.63) is 64.2 Å². The fourth-order valence-corrected chi connectivity index (χ4v) is 4.29. The number of halogens is 1. The molecule has 0 unspecified atom stereocenters. The van der Waals surface area contributed by atoms with E-state index in [-0.39, 0.29) is 53.0 Å². The molecule has 5 rings (SSSR count). The van der Waals surface area contributed by atoms with Crippen molar-refractivity contribution in [1.82, 2.24) is 19.7 Å². The Hall–Kier alpha value is -4.28. The average molecular weight is 479 g/mol. The maximum absolute atomic E-state index is 13.3. The van der Waals surface area contributed by atoms with Gasteiger partial charge in [0.05, 0.1) is 17.7 Å². The van der Waals surface area contributed by atoms with Gasteiger partial charge in [-0.3, -0.25) is 0 Å². The van der Waals surface area contributed by atoms with E-state index in [2.05, 4.69) is 15.1 Å². The van der Waals surface area contributed by atoms with Crippen molar-refractivity contribution in [2.24, 2.45) is 0 Å². The zero-order chi connectivity index (χ0) is 24.7. The molecule has 1 aliphatic carbocycles. The van der Waals surface area contributed by atoms with Gasteiger partial charge in [0, 0.05) is 11.3 Å². The molecule has 1 aromatic carbocycles. The number of aryl methyl sites for hydroxylation is 1. The van der Waals surface area contributed by atoms with Crippen molar-refractivity contribution in [3.8, 4) is 5.69 Å². The number of ether oxygens (including phenoxy) is 2. The Kier molecular flexibility index (Phi) is 5.67. The van der Waals surface area contributed by atoms with Crippen LogP contribution in [0.1, 0.15) is 57.0 Å². The predicted molar refractivity (Wildman–Crippen MR) is 122 cm³/mol. The summed E-state index contributed by atoms with van der Waals surface area (Å²) in [5.74, 6) is -1.13.